The molecule has 108 valence electrons. The molecule has 0 radical (unpaired) electrons. The third-order valence-electron chi connectivity index (χ3n) is 2.41. The fourth-order valence-electron chi connectivity index (χ4n) is 1.48. The molecule has 0 bridgehead atoms. The molecule has 0 spiro atoms. The molecule has 6 nitrogen and oxygen atoms in total. The zero-order chi connectivity index (χ0) is 14.4. The van der Waals surface area contributed by atoms with Crippen LogP contribution in [0.5, 0.6) is 5.75 Å². The highest BCUT2D eigenvalue weighted by atomic mass is 35.5. The third kappa shape index (κ3) is 4.35. The maximum Gasteiger partial charge on any atom is 0.213 e. The summed E-state index contributed by atoms with van der Waals surface area (Å²) in [6.07, 6.45) is 0.532. The van der Waals surface area contributed by atoms with Gasteiger partial charge in [-0.2, -0.15) is 4.98 Å². The third-order valence-corrected chi connectivity index (χ3v) is 3.00. The van der Waals surface area contributed by atoms with Crippen molar-refractivity contribution < 1.29 is 14.4 Å². The highest BCUT2D eigenvalue weighted by Crippen LogP contribution is 2.32. The van der Waals surface area contributed by atoms with Crippen LogP contribution in [0, 0.1) is 0 Å². The summed E-state index contributed by atoms with van der Waals surface area (Å²) in [6, 6.07) is 5.06. The molecule has 1 aromatic heterocycles. The van der Waals surface area contributed by atoms with E-state index >= 15 is 0 Å². The molecule has 1 atom stereocenters. The second kappa shape index (κ2) is 7.44. The van der Waals surface area contributed by atoms with Crippen molar-refractivity contribution >= 4 is 23.2 Å². The normalized spacial score (nSPS) is 12.3. The molecular weight excluding hydrogens is 305 g/mol. The smallest absolute Gasteiger partial charge is 0.213 e. The van der Waals surface area contributed by atoms with Crippen molar-refractivity contribution in [2.45, 2.75) is 12.6 Å². The van der Waals surface area contributed by atoms with Crippen molar-refractivity contribution in [1.29, 1.82) is 0 Å². The van der Waals surface area contributed by atoms with Gasteiger partial charge in [0.1, 0.15) is 12.7 Å². The van der Waals surface area contributed by atoms with Crippen LogP contribution < -0.4 is 10.1 Å². The van der Waals surface area contributed by atoms with Crippen molar-refractivity contribution in [1.82, 2.24) is 15.5 Å². The van der Waals surface area contributed by atoms with Gasteiger partial charge in [-0.25, -0.2) is 0 Å². The number of hydrogen-bond acceptors (Lipinski definition) is 6. The van der Waals surface area contributed by atoms with Gasteiger partial charge in [0, 0.05) is 6.54 Å². The number of aliphatic hydroxyl groups excluding tert-OH is 1. The molecule has 0 amide bonds. The zero-order valence-corrected chi connectivity index (χ0v) is 11.9. The predicted octanol–water partition coefficient (Wildman–Crippen LogP) is 1.91. The number of halogens is 2. The second-order valence-corrected chi connectivity index (χ2v) is 4.81. The van der Waals surface area contributed by atoms with Gasteiger partial charge in [0.05, 0.1) is 16.6 Å². The van der Waals surface area contributed by atoms with Crippen LogP contribution in [-0.2, 0) is 6.54 Å². The van der Waals surface area contributed by atoms with Crippen molar-refractivity contribution in [3.05, 3.63) is 40.5 Å². The lowest BCUT2D eigenvalue weighted by Gasteiger charge is -2.14. The Hall–Kier alpha value is -1.34. The van der Waals surface area contributed by atoms with Crippen LogP contribution in [0.25, 0.3) is 0 Å². The minimum Gasteiger partial charge on any atom is -0.488 e. The number of para-hydroxylation sites is 1. The number of hydrogen-bond donors (Lipinski definition) is 2. The molecule has 1 unspecified atom stereocenters. The topological polar surface area (TPSA) is 80.4 Å². The zero-order valence-electron chi connectivity index (χ0n) is 10.4. The summed E-state index contributed by atoms with van der Waals surface area (Å²) >= 11 is 11.9. The Morgan fingerprint density at radius 3 is 2.75 bits per heavy atom. The van der Waals surface area contributed by atoms with Gasteiger partial charge in [-0.3, -0.25) is 0 Å². The van der Waals surface area contributed by atoms with E-state index < -0.39 is 6.10 Å². The predicted molar refractivity (Wildman–Crippen MR) is 74.0 cm³/mol. The number of aromatic nitrogens is 2. The molecule has 1 heterocycles. The van der Waals surface area contributed by atoms with E-state index in [1.54, 1.807) is 18.2 Å². The molecular formula is C12H13Cl2N3O3. The number of nitrogens with one attached hydrogen (secondary N) is 1. The minimum absolute atomic E-state index is 0.0721. The Balaban J connectivity index is 1.73. The highest BCUT2D eigenvalue weighted by Gasteiger charge is 2.10. The van der Waals surface area contributed by atoms with Crippen LogP contribution >= 0.6 is 23.2 Å². The Labute approximate surface area is 125 Å². The Kier molecular flexibility index (Phi) is 5.60. The lowest BCUT2D eigenvalue weighted by atomic mass is 10.3. The molecule has 0 aliphatic rings. The number of benzene rings is 1. The van der Waals surface area contributed by atoms with Crippen LogP contribution in [0.3, 0.4) is 0 Å². The average Bonchev–Trinajstić information content (AvgIpc) is 2.91. The van der Waals surface area contributed by atoms with Crippen LogP contribution in [0.4, 0.5) is 0 Å². The molecule has 0 saturated heterocycles. The molecule has 1 aromatic carbocycles. The fraction of sp³-hybridized carbons (Fsp3) is 0.333. The van der Waals surface area contributed by atoms with Crippen LogP contribution in [0.2, 0.25) is 10.0 Å². The van der Waals surface area contributed by atoms with E-state index in [-0.39, 0.29) is 6.61 Å². The molecule has 2 aromatic rings. The second-order valence-electron chi connectivity index (χ2n) is 3.99. The van der Waals surface area contributed by atoms with Gasteiger partial charge >= 0.3 is 0 Å². The first-order chi connectivity index (χ1) is 9.66. The monoisotopic (exact) mass is 317 g/mol. The average molecular weight is 318 g/mol. The van der Waals surface area contributed by atoms with E-state index in [0.29, 0.717) is 34.7 Å². The number of ether oxygens (including phenoxy) is 1. The first-order valence-electron chi connectivity index (χ1n) is 5.87. The standard InChI is InChI=1S/C12H13Cl2N3O3/c13-9-2-1-3-10(14)12(9)19-6-8(18)4-15-5-11-16-7-20-17-11/h1-3,7-8,15,18H,4-6H2. The molecule has 0 aliphatic carbocycles. The molecule has 8 heteroatoms. The number of rotatable bonds is 7. The molecule has 2 N–H and O–H groups in total. The van der Waals surface area contributed by atoms with Crippen LogP contribution in [-0.4, -0.2) is 34.5 Å². The molecule has 0 fully saturated rings. The lowest BCUT2D eigenvalue weighted by molar-refractivity contribution is 0.106. The van der Waals surface area contributed by atoms with Gasteiger partial charge in [-0.05, 0) is 12.1 Å². The molecule has 20 heavy (non-hydrogen) atoms. The largest absolute Gasteiger partial charge is 0.488 e. The maximum absolute atomic E-state index is 9.78. The van der Waals surface area contributed by atoms with Gasteiger partial charge in [0.15, 0.2) is 11.6 Å². The maximum atomic E-state index is 9.78. The Morgan fingerprint density at radius 2 is 2.10 bits per heavy atom. The van der Waals surface area contributed by atoms with Crippen molar-refractivity contribution in [2.75, 3.05) is 13.2 Å². The van der Waals surface area contributed by atoms with Crippen LogP contribution in [0.15, 0.2) is 29.1 Å². The Morgan fingerprint density at radius 1 is 1.35 bits per heavy atom. The van der Waals surface area contributed by atoms with Gasteiger partial charge in [0.2, 0.25) is 6.39 Å². The van der Waals surface area contributed by atoms with Gasteiger partial charge in [0.25, 0.3) is 0 Å². The quantitative estimate of drug-likeness (QED) is 0.812. The minimum atomic E-state index is -0.714. The summed E-state index contributed by atoms with van der Waals surface area (Å²) in [5.74, 6) is 0.889. The summed E-state index contributed by atoms with van der Waals surface area (Å²) < 4.78 is 10.00. The summed E-state index contributed by atoms with van der Waals surface area (Å²) in [7, 11) is 0. The highest BCUT2D eigenvalue weighted by molar-refractivity contribution is 6.37. The molecule has 0 aliphatic heterocycles. The Bertz CT molecular complexity index is 516. The summed E-state index contributed by atoms with van der Waals surface area (Å²) in [5.41, 5.74) is 0. The molecule has 0 saturated carbocycles. The first-order valence-corrected chi connectivity index (χ1v) is 6.63. The van der Waals surface area contributed by atoms with E-state index in [1.165, 1.54) is 6.39 Å². The summed E-state index contributed by atoms with van der Waals surface area (Å²) in [4.78, 5) is 3.84. The fourth-order valence-corrected chi connectivity index (χ4v) is 1.99. The van der Waals surface area contributed by atoms with Crippen LogP contribution in [0.1, 0.15) is 5.82 Å². The SMILES string of the molecule is OC(CNCc1ncon1)COc1c(Cl)cccc1Cl. The van der Waals surface area contributed by atoms with Crippen molar-refractivity contribution in [3.8, 4) is 5.75 Å². The molecule has 2 rings (SSSR count). The van der Waals surface area contributed by atoms with Crippen molar-refractivity contribution in [3.63, 3.8) is 0 Å². The van der Waals surface area contributed by atoms with E-state index in [4.69, 9.17) is 27.9 Å². The van der Waals surface area contributed by atoms with E-state index in [0.717, 1.165) is 0 Å². The van der Waals surface area contributed by atoms with Gasteiger partial charge in [-0.15, -0.1) is 0 Å². The summed E-state index contributed by atoms with van der Waals surface area (Å²) in [5, 5.41) is 17.2. The van der Waals surface area contributed by atoms with E-state index in [2.05, 4.69) is 20.0 Å². The first kappa shape index (κ1) is 15.1. The van der Waals surface area contributed by atoms with Gasteiger partial charge in [-0.1, -0.05) is 34.4 Å². The van der Waals surface area contributed by atoms with Crippen molar-refractivity contribution in [2.24, 2.45) is 0 Å². The summed E-state index contributed by atoms with van der Waals surface area (Å²) in [6.45, 7) is 0.791. The number of nitrogens with zero attached hydrogens (tertiary/aromatic N) is 2. The van der Waals surface area contributed by atoms with E-state index in [1.807, 2.05) is 0 Å². The number of aliphatic hydroxyl groups is 1. The van der Waals surface area contributed by atoms with E-state index in [9.17, 15) is 5.11 Å². The lowest BCUT2D eigenvalue weighted by Crippen LogP contribution is -2.31. The van der Waals surface area contributed by atoms with Gasteiger partial charge < -0.3 is 19.7 Å².